The van der Waals surface area contributed by atoms with E-state index < -0.39 is 0 Å². The van der Waals surface area contributed by atoms with Crippen molar-refractivity contribution in [3.63, 3.8) is 0 Å². The number of hydrogen-bond donors (Lipinski definition) is 0. The van der Waals surface area contributed by atoms with E-state index >= 15 is 0 Å². The van der Waals surface area contributed by atoms with Gasteiger partial charge in [-0.2, -0.15) is 10.2 Å². The monoisotopic (exact) mass is 313 g/mol. The Balaban J connectivity index is 1.95. The second-order valence-electron chi connectivity index (χ2n) is 5.64. The normalized spacial score (nSPS) is 10.8. The van der Waals surface area contributed by atoms with Gasteiger partial charge in [-0.05, 0) is 11.1 Å². The van der Waals surface area contributed by atoms with Crippen molar-refractivity contribution < 1.29 is 0 Å². The Morgan fingerprint density at radius 2 is 1.42 bits per heavy atom. The van der Waals surface area contributed by atoms with Gasteiger partial charge < -0.3 is 4.57 Å². The Morgan fingerprint density at radius 3 is 2.12 bits per heavy atom. The number of hydrogen-bond acceptors (Lipinski definition) is 3. The largest absolute Gasteiger partial charge is 0.310 e. The molecule has 4 rings (SSSR count). The molecule has 0 saturated carbocycles. The van der Waals surface area contributed by atoms with Gasteiger partial charge in [0.25, 0.3) is 5.56 Å². The summed E-state index contributed by atoms with van der Waals surface area (Å²) >= 11 is 0. The van der Waals surface area contributed by atoms with Crippen LogP contribution in [-0.2, 0) is 6.54 Å². The lowest BCUT2D eigenvalue weighted by molar-refractivity contribution is 0.768. The average Bonchev–Trinajstić information content (AvgIpc) is 2.66. The van der Waals surface area contributed by atoms with Gasteiger partial charge in [0.05, 0.1) is 24.3 Å². The molecule has 0 aliphatic rings. The second kappa shape index (κ2) is 6.08. The molecule has 0 saturated heterocycles. The van der Waals surface area contributed by atoms with Crippen molar-refractivity contribution in [3.05, 3.63) is 95.2 Å². The first kappa shape index (κ1) is 14.3. The van der Waals surface area contributed by atoms with E-state index in [9.17, 15) is 4.79 Å². The van der Waals surface area contributed by atoms with Gasteiger partial charge in [-0.1, -0.05) is 60.7 Å². The molecule has 0 N–H and O–H groups in total. The molecule has 4 nitrogen and oxygen atoms in total. The third-order valence-electron chi connectivity index (χ3n) is 4.08. The highest BCUT2D eigenvalue weighted by Crippen LogP contribution is 2.25. The molecule has 2 aromatic carbocycles. The Morgan fingerprint density at radius 1 is 0.792 bits per heavy atom. The minimum Gasteiger partial charge on any atom is -0.310 e. The van der Waals surface area contributed by atoms with E-state index in [1.165, 1.54) is 0 Å². The second-order valence-corrected chi connectivity index (χ2v) is 5.64. The standard InChI is InChI=1S/C20H15N3O/c24-20-18-12-22-21-11-17(18)19(16-9-5-2-6-10-16)14-23(20)13-15-7-3-1-4-8-15/h1-12,14H,13H2. The van der Waals surface area contributed by atoms with Gasteiger partial charge in [-0.3, -0.25) is 4.79 Å². The van der Waals surface area contributed by atoms with Gasteiger partial charge in [0, 0.05) is 17.1 Å². The van der Waals surface area contributed by atoms with Crippen molar-refractivity contribution >= 4 is 10.8 Å². The number of benzene rings is 2. The summed E-state index contributed by atoms with van der Waals surface area (Å²) < 4.78 is 1.74. The number of rotatable bonds is 3. The fraction of sp³-hybridized carbons (Fsp3) is 0.0500. The Hall–Kier alpha value is -3.27. The zero-order chi connectivity index (χ0) is 16.4. The zero-order valence-corrected chi connectivity index (χ0v) is 13.0. The molecule has 0 aliphatic carbocycles. The first-order valence-corrected chi connectivity index (χ1v) is 7.76. The minimum atomic E-state index is -0.0524. The topological polar surface area (TPSA) is 47.8 Å². The lowest BCUT2D eigenvalue weighted by Crippen LogP contribution is -2.21. The third kappa shape index (κ3) is 2.58. The summed E-state index contributed by atoms with van der Waals surface area (Å²) in [5.74, 6) is 0. The van der Waals surface area contributed by atoms with Crippen LogP contribution in [0.2, 0.25) is 0 Å². The van der Waals surface area contributed by atoms with E-state index in [0.29, 0.717) is 11.9 Å². The highest BCUT2D eigenvalue weighted by atomic mass is 16.1. The highest BCUT2D eigenvalue weighted by Gasteiger charge is 2.11. The van der Waals surface area contributed by atoms with Gasteiger partial charge in [-0.15, -0.1) is 0 Å². The Bertz CT molecular complexity index is 1040. The number of nitrogens with zero attached hydrogens (tertiary/aromatic N) is 3. The molecule has 2 heterocycles. The maximum Gasteiger partial charge on any atom is 0.260 e. The van der Waals surface area contributed by atoms with Crippen LogP contribution >= 0.6 is 0 Å². The van der Waals surface area contributed by atoms with Crippen LogP contribution in [0.1, 0.15) is 5.56 Å². The molecule has 0 spiro atoms. The number of aromatic nitrogens is 3. The summed E-state index contributed by atoms with van der Waals surface area (Å²) in [5, 5.41) is 9.26. The highest BCUT2D eigenvalue weighted by molar-refractivity contribution is 5.94. The first-order valence-electron chi connectivity index (χ1n) is 7.76. The molecular formula is C20H15N3O. The van der Waals surface area contributed by atoms with E-state index in [0.717, 1.165) is 22.1 Å². The summed E-state index contributed by atoms with van der Waals surface area (Å²) in [6.07, 6.45) is 5.12. The summed E-state index contributed by atoms with van der Waals surface area (Å²) in [6, 6.07) is 20.0. The molecule has 4 heteroatoms. The van der Waals surface area contributed by atoms with Gasteiger partial charge in [0.1, 0.15) is 0 Å². The van der Waals surface area contributed by atoms with Crippen molar-refractivity contribution in [2.24, 2.45) is 0 Å². The van der Waals surface area contributed by atoms with E-state index in [2.05, 4.69) is 10.2 Å². The molecule has 116 valence electrons. The van der Waals surface area contributed by atoms with Crippen LogP contribution in [-0.4, -0.2) is 14.8 Å². The minimum absolute atomic E-state index is 0.0524. The van der Waals surface area contributed by atoms with Crippen molar-refractivity contribution in [1.29, 1.82) is 0 Å². The zero-order valence-electron chi connectivity index (χ0n) is 13.0. The van der Waals surface area contributed by atoms with E-state index in [1.54, 1.807) is 17.0 Å². The summed E-state index contributed by atoms with van der Waals surface area (Å²) in [5.41, 5.74) is 3.07. The van der Waals surface area contributed by atoms with E-state index in [1.807, 2.05) is 66.9 Å². The van der Waals surface area contributed by atoms with Gasteiger partial charge >= 0.3 is 0 Å². The van der Waals surface area contributed by atoms with Crippen LogP contribution in [0.3, 0.4) is 0 Å². The van der Waals surface area contributed by atoms with Crippen LogP contribution < -0.4 is 5.56 Å². The van der Waals surface area contributed by atoms with Crippen LogP contribution in [0, 0.1) is 0 Å². The molecular weight excluding hydrogens is 298 g/mol. The summed E-state index contributed by atoms with van der Waals surface area (Å²) in [4.78, 5) is 12.8. The Kier molecular flexibility index (Phi) is 3.63. The SMILES string of the molecule is O=c1c2cnncc2c(-c2ccccc2)cn1Cc1ccccc1. The van der Waals surface area contributed by atoms with Crippen LogP contribution in [0.25, 0.3) is 21.9 Å². The molecule has 0 unspecified atom stereocenters. The van der Waals surface area contributed by atoms with E-state index in [-0.39, 0.29) is 5.56 Å². The molecule has 24 heavy (non-hydrogen) atoms. The van der Waals surface area contributed by atoms with Crippen LogP contribution in [0.15, 0.2) is 84.0 Å². The molecule has 0 atom stereocenters. The van der Waals surface area contributed by atoms with Crippen LogP contribution in [0.4, 0.5) is 0 Å². The quantitative estimate of drug-likeness (QED) is 0.581. The van der Waals surface area contributed by atoms with Gasteiger partial charge in [-0.25, -0.2) is 0 Å². The summed E-state index contributed by atoms with van der Waals surface area (Å²) in [6.45, 7) is 0.526. The molecule has 2 aromatic heterocycles. The molecule has 4 aromatic rings. The maximum atomic E-state index is 12.8. The van der Waals surface area contributed by atoms with E-state index in [4.69, 9.17) is 0 Å². The summed E-state index contributed by atoms with van der Waals surface area (Å²) in [7, 11) is 0. The van der Waals surface area contributed by atoms with Crippen molar-refractivity contribution in [2.75, 3.05) is 0 Å². The third-order valence-corrected chi connectivity index (χ3v) is 4.08. The molecule has 0 amide bonds. The molecule has 0 fully saturated rings. The number of pyridine rings is 1. The fourth-order valence-electron chi connectivity index (χ4n) is 2.89. The predicted molar refractivity (Wildman–Crippen MR) is 94.8 cm³/mol. The smallest absolute Gasteiger partial charge is 0.260 e. The molecule has 0 radical (unpaired) electrons. The first-order chi connectivity index (χ1) is 11.8. The van der Waals surface area contributed by atoms with Crippen molar-refractivity contribution in [2.45, 2.75) is 6.54 Å². The van der Waals surface area contributed by atoms with Gasteiger partial charge in [0.2, 0.25) is 0 Å². The van der Waals surface area contributed by atoms with Crippen molar-refractivity contribution in [3.8, 4) is 11.1 Å². The average molecular weight is 313 g/mol. The predicted octanol–water partition coefficient (Wildman–Crippen LogP) is 3.51. The molecule has 0 aliphatic heterocycles. The number of fused-ring (bicyclic) bond motifs is 1. The lowest BCUT2D eigenvalue weighted by atomic mass is 10.0. The molecule has 0 bridgehead atoms. The fourth-order valence-corrected chi connectivity index (χ4v) is 2.89. The van der Waals surface area contributed by atoms with Crippen molar-refractivity contribution in [1.82, 2.24) is 14.8 Å². The van der Waals surface area contributed by atoms with Crippen LogP contribution in [0.5, 0.6) is 0 Å². The Labute approximate surface area is 139 Å². The van der Waals surface area contributed by atoms with Gasteiger partial charge in [0.15, 0.2) is 0 Å². The maximum absolute atomic E-state index is 12.8. The lowest BCUT2D eigenvalue weighted by Gasteiger charge is -2.12.